The van der Waals surface area contributed by atoms with E-state index in [1.165, 1.54) is 16.7 Å². The Bertz CT molecular complexity index is 821. The fourth-order valence-corrected chi connectivity index (χ4v) is 2.04. The lowest BCUT2D eigenvalue weighted by Crippen LogP contribution is -2.29. The summed E-state index contributed by atoms with van der Waals surface area (Å²) in [5.74, 6) is -2.26. The Labute approximate surface area is 128 Å². The SMILES string of the molecule is O=C(O)CNC(=O)CCCn1c(=O)oc2cc([N+](=O)[O-])ccc21. The standard InChI is InChI=1S/C13H13N3O7/c17-11(14-7-12(18)19)2-1-5-15-9-4-3-8(16(21)22)6-10(9)23-13(15)20/h3-4,6H,1-2,5,7H2,(H,14,17)(H,18,19). The fraction of sp³-hybridized carbons (Fsp3) is 0.308. The summed E-state index contributed by atoms with van der Waals surface area (Å²) < 4.78 is 6.22. The van der Waals surface area contributed by atoms with Gasteiger partial charge in [-0.15, -0.1) is 0 Å². The number of nitrogens with one attached hydrogen (secondary N) is 1. The number of hydrogen-bond acceptors (Lipinski definition) is 6. The molecule has 1 heterocycles. The van der Waals surface area contributed by atoms with Crippen molar-refractivity contribution in [3.63, 3.8) is 0 Å². The highest BCUT2D eigenvalue weighted by atomic mass is 16.6. The Hall–Kier alpha value is -3.17. The van der Waals surface area contributed by atoms with E-state index in [-0.39, 0.29) is 30.7 Å². The zero-order chi connectivity index (χ0) is 17.0. The van der Waals surface area contributed by atoms with E-state index in [1.54, 1.807) is 0 Å². The van der Waals surface area contributed by atoms with Crippen LogP contribution in [0.3, 0.4) is 0 Å². The number of carbonyl (C=O) groups excluding carboxylic acids is 1. The Morgan fingerprint density at radius 3 is 2.78 bits per heavy atom. The van der Waals surface area contributed by atoms with Gasteiger partial charge in [0.25, 0.3) is 5.69 Å². The number of amides is 1. The highest BCUT2D eigenvalue weighted by Gasteiger charge is 2.14. The molecule has 2 aromatic rings. The Morgan fingerprint density at radius 1 is 1.39 bits per heavy atom. The minimum atomic E-state index is -1.14. The van der Waals surface area contributed by atoms with Crippen LogP contribution in [-0.4, -0.2) is 33.0 Å². The van der Waals surface area contributed by atoms with Crippen molar-refractivity contribution >= 4 is 28.7 Å². The second-order valence-corrected chi connectivity index (χ2v) is 4.70. The molecule has 122 valence electrons. The van der Waals surface area contributed by atoms with Crippen molar-refractivity contribution in [2.24, 2.45) is 0 Å². The van der Waals surface area contributed by atoms with Crippen LogP contribution < -0.4 is 11.1 Å². The molecule has 0 aliphatic rings. The first kappa shape index (κ1) is 16.2. The molecule has 2 rings (SSSR count). The number of carboxylic acid groups (broad SMARTS) is 1. The Balaban J connectivity index is 2.04. The molecule has 0 saturated carbocycles. The Morgan fingerprint density at radius 2 is 2.13 bits per heavy atom. The van der Waals surface area contributed by atoms with Crippen LogP contribution in [0, 0.1) is 10.1 Å². The molecule has 1 amide bonds. The highest BCUT2D eigenvalue weighted by Crippen LogP contribution is 2.20. The number of aryl methyl sites for hydroxylation is 1. The zero-order valence-electron chi connectivity index (χ0n) is 11.9. The van der Waals surface area contributed by atoms with Gasteiger partial charge in [-0.05, 0) is 12.5 Å². The van der Waals surface area contributed by atoms with Gasteiger partial charge in [0.1, 0.15) is 6.54 Å². The number of oxazole rings is 1. The quantitative estimate of drug-likeness (QED) is 0.557. The first-order chi connectivity index (χ1) is 10.9. The average Bonchev–Trinajstić information content (AvgIpc) is 2.80. The number of fused-ring (bicyclic) bond motifs is 1. The van der Waals surface area contributed by atoms with Gasteiger partial charge in [0.15, 0.2) is 5.58 Å². The van der Waals surface area contributed by atoms with Crippen molar-refractivity contribution in [3.05, 3.63) is 38.9 Å². The predicted molar refractivity (Wildman–Crippen MR) is 77.0 cm³/mol. The van der Waals surface area contributed by atoms with E-state index in [0.29, 0.717) is 5.52 Å². The molecule has 0 spiro atoms. The number of aromatic nitrogens is 1. The monoisotopic (exact) mass is 323 g/mol. The smallest absolute Gasteiger partial charge is 0.419 e. The van der Waals surface area contributed by atoms with E-state index in [9.17, 15) is 24.5 Å². The number of non-ortho nitro benzene ring substituents is 1. The van der Waals surface area contributed by atoms with E-state index in [0.717, 1.165) is 6.07 Å². The van der Waals surface area contributed by atoms with Crippen LogP contribution in [0.1, 0.15) is 12.8 Å². The van der Waals surface area contributed by atoms with Crippen LogP contribution in [0.5, 0.6) is 0 Å². The van der Waals surface area contributed by atoms with Crippen molar-refractivity contribution in [2.75, 3.05) is 6.54 Å². The predicted octanol–water partition coefficient (Wildman–Crippen LogP) is 0.484. The molecule has 23 heavy (non-hydrogen) atoms. The molecule has 0 bridgehead atoms. The third-order valence-corrected chi connectivity index (χ3v) is 3.09. The molecule has 0 saturated heterocycles. The third-order valence-electron chi connectivity index (χ3n) is 3.09. The second-order valence-electron chi connectivity index (χ2n) is 4.70. The lowest BCUT2D eigenvalue weighted by Gasteiger charge is -2.03. The van der Waals surface area contributed by atoms with Gasteiger partial charge in [0.05, 0.1) is 16.5 Å². The normalized spacial score (nSPS) is 10.6. The summed E-state index contributed by atoms with van der Waals surface area (Å²) in [7, 11) is 0. The number of nitro benzene ring substituents is 1. The summed E-state index contributed by atoms with van der Waals surface area (Å²) in [5.41, 5.74) is 0.303. The van der Waals surface area contributed by atoms with Crippen molar-refractivity contribution in [1.29, 1.82) is 0 Å². The molecular formula is C13H13N3O7. The molecule has 0 fully saturated rings. The second kappa shape index (κ2) is 6.73. The van der Waals surface area contributed by atoms with Gasteiger partial charge in [-0.2, -0.15) is 0 Å². The number of aliphatic carboxylic acids is 1. The number of carboxylic acids is 1. The highest BCUT2D eigenvalue weighted by molar-refractivity contribution is 5.81. The summed E-state index contributed by atoms with van der Waals surface area (Å²) in [5, 5.41) is 21.3. The van der Waals surface area contributed by atoms with Crippen LogP contribution in [-0.2, 0) is 16.1 Å². The molecular weight excluding hydrogens is 310 g/mol. The van der Waals surface area contributed by atoms with Crippen molar-refractivity contribution in [1.82, 2.24) is 9.88 Å². The Kier molecular flexibility index (Phi) is 4.74. The topological polar surface area (TPSA) is 145 Å². The van der Waals surface area contributed by atoms with Gasteiger partial charge < -0.3 is 14.8 Å². The van der Waals surface area contributed by atoms with Gasteiger partial charge in [0, 0.05) is 19.0 Å². The van der Waals surface area contributed by atoms with Gasteiger partial charge in [-0.3, -0.25) is 24.3 Å². The summed E-state index contributed by atoms with van der Waals surface area (Å²) >= 11 is 0. The van der Waals surface area contributed by atoms with Crippen LogP contribution >= 0.6 is 0 Å². The minimum Gasteiger partial charge on any atom is -0.480 e. The molecule has 1 aromatic carbocycles. The van der Waals surface area contributed by atoms with Crippen LogP contribution in [0.25, 0.3) is 11.1 Å². The molecule has 0 atom stereocenters. The number of nitrogens with zero attached hydrogens (tertiary/aromatic N) is 2. The van der Waals surface area contributed by atoms with Crippen molar-refractivity contribution in [2.45, 2.75) is 19.4 Å². The number of benzene rings is 1. The average molecular weight is 323 g/mol. The number of carbonyl (C=O) groups is 2. The van der Waals surface area contributed by atoms with Crippen LogP contribution in [0.4, 0.5) is 5.69 Å². The number of nitro groups is 1. The summed E-state index contributed by atoms with van der Waals surface area (Å²) in [6, 6.07) is 3.82. The summed E-state index contributed by atoms with van der Waals surface area (Å²) in [6.45, 7) is -0.290. The molecule has 10 heteroatoms. The maximum Gasteiger partial charge on any atom is 0.419 e. The zero-order valence-corrected chi connectivity index (χ0v) is 11.9. The van der Waals surface area contributed by atoms with Crippen LogP contribution in [0.2, 0.25) is 0 Å². The molecule has 2 N–H and O–H groups in total. The largest absolute Gasteiger partial charge is 0.480 e. The lowest BCUT2D eigenvalue weighted by atomic mass is 10.2. The minimum absolute atomic E-state index is 0.0410. The fourth-order valence-electron chi connectivity index (χ4n) is 2.04. The van der Waals surface area contributed by atoms with Gasteiger partial charge in [0.2, 0.25) is 5.91 Å². The van der Waals surface area contributed by atoms with E-state index < -0.39 is 29.1 Å². The van der Waals surface area contributed by atoms with Gasteiger partial charge >= 0.3 is 11.7 Å². The number of rotatable bonds is 7. The summed E-state index contributed by atoms with van der Waals surface area (Å²) in [6.07, 6.45) is 0.330. The first-order valence-corrected chi connectivity index (χ1v) is 6.65. The van der Waals surface area contributed by atoms with Crippen molar-refractivity contribution < 1.29 is 24.0 Å². The molecule has 10 nitrogen and oxygen atoms in total. The van der Waals surface area contributed by atoms with E-state index >= 15 is 0 Å². The molecule has 1 aromatic heterocycles. The third kappa shape index (κ3) is 3.93. The van der Waals surface area contributed by atoms with E-state index in [1.807, 2.05) is 0 Å². The van der Waals surface area contributed by atoms with Crippen LogP contribution in [0.15, 0.2) is 27.4 Å². The van der Waals surface area contributed by atoms with Gasteiger partial charge in [-0.1, -0.05) is 0 Å². The molecule has 0 radical (unpaired) electrons. The maximum absolute atomic E-state index is 11.8. The van der Waals surface area contributed by atoms with E-state index in [2.05, 4.69) is 5.32 Å². The first-order valence-electron chi connectivity index (χ1n) is 6.65. The van der Waals surface area contributed by atoms with Crippen molar-refractivity contribution in [3.8, 4) is 0 Å². The van der Waals surface area contributed by atoms with E-state index in [4.69, 9.17) is 9.52 Å². The molecule has 0 aliphatic heterocycles. The molecule has 0 aliphatic carbocycles. The summed E-state index contributed by atoms with van der Waals surface area (Å²) in [4.78, 5) is 43.5. The van der Waals surface area contributed by atoms with Gasteiger partial charge in [-0.25, -0.2) is 4.79 Å². The molecule has 0 unspecified atom stereocenters. The maximum atomic E-state index is 11.8. The lowest BCUT2D eigenvalue weighted by molar-refractivity contribution is -0.384. The number of hydrogen-bond donors (Lipinski definition) is 2.